The van der Waals surface area contributed by atoms with Crippen LogP contribution in [0.25, 0.3) is 10.1 Å². The van der Waals surface area contributed by atoms with Crippen LogP contribution in [-0.4, -0.2) is 36.3 Å². The Hall–Kier alpha value is -2.90. The third kappa shape index (κ3) is 5.21. The molecular formula is C27H28ClN3O3S. The van der Waals surface area contributed by atoms with E-state index in [1.807, 2.05) is 35.7 Å². The van der Waals surface area contributed by atoms with E-state index in [2.05, 4.69) is 10.6 Å². The summed E-state index contributed by atoms with van der Waals surface area (Å²) in [6.45, 7) is 0.720. The van der Waals surface area contributed by atoms with Gasteiger partial charge >= 0.3 is 0 Å². The summed E-state index contributed by atoms with van der Waals surface area (Å²) in [4.78, 5) is 40.1. The number of anilines is 1. The standard InChI is InChI=1S/C27H28ClN3O3S/c28-21-15-18-12-14-35-24(18)16-20(21)27(34)30-23-6-2-1-5-22(23)29-26(33)17-8-10-19(11-9-17)31-13-4-3-7-25(31)32/h8-12,14-16,22-23H,1-7,13H2,(H,29,33)(H,30,34). The third-order valence-corrected chi connectivity index (χ3v) is 8.14. The molecule has 3 amide bonds. The molecule has 0 bridgehead atoms. The van der Waals surface area contributed by atoms with Gasteiger partial charge in [-0.05, 0) is 78.9 Å². The molecule has 3 aromatic rings. The van der Waals surface area contributed by atoms with Crippen molar-refractivity contribution in [1.29, 1.82) is 0 Å². The molecule has 0 spiro atoms. The van der Waals surface area contributed by atoms with Crippen molar-refractivity contribution in [2.45, 2.75) is 57.0 Å². The molecule has 2 aromatic carbocycles. The molecule has 1 aliphatic heterocycles. The lowest BCUT2D eigenvalue weighted by molar-refractivity contribution is -0.119. The van der Waals surface area contributed by atoms with Crippen LogP contribution in [0.2, 0.25) is 5.02 Å². The van der Waals surface area contributed by atoms with Gasteiger partial charge in [0.05, 0.1) is 10.6 Å². The minimum atomic E-state index is -0.216. The molecule has 1 aromatic heterocycles. The summed E-state index contributed by atoms with van der Waals surface area (Å²) >= 11 is 7.97. The summed E-state index contributed by atoms with van der Waals surface area (Å²) in [7, 11) is 0. The lowest BCUT2D eigenvalue weighted by atomic mass is 9.89. The largest absolute Gasteiger partial charge is 0.347 e. The number of piperidine rings is 1. The molecule has 1 aliphatic carbocycles. The number of hydrogen-bond acceptors (Lipinski definition) is 4. The first-order valence-corrected chi connectivity index (χ1v) is 13.4. The number of rotatable bonds is 5. The fourth-order valence-electron chi connectivity index (χ4n) is 5.00. The first kappa shape index (κ1) is 23.8. The molecule has 35 heavy (non-hydrogen) atoms. The fraction of sp³-hybridized carbons (Fsp3) is 0.370. The second kappa shape index (κ2) is 10.4. The number of halogens is 1. The highest BCUT2D eigenvalue weighted by atomic mass is 35.5. The molecule has 2 fully saturated rings. The molecule has 182 valence electrons. The van der Waals surface area contributed by atoms with Crippen LogP contribution in [0.5, 0.6) is 0 Å². The van der Waals surface area contributed by atoms with E-state index in [1.165, 1.54) is 0 Å². The van der Waals surface area contributed by atoms with Gasteiger partial charge in [0.25, 0.3) is 11.8 Å². The van der Waals surface area contributed by atoms with Crippen LogP contribution in [0.1, 0.15) is 65.7 Å². The quantitative estimate of drug-likeness (QED) is 0.473. The van der Waals surface area contributed by atoms with Gasteiger partial charge in [-0.3, -0.25) is 14.4 Å². The summed E-state index contributed by atoms with van der Waals surface area (Å²) in [5, 5.41) is 9.67. The van der Waals surface area contributed by atoms with Gasteiger partial charge < -0.3 is 15.5 Å². The molecule has 2 heterocycles. The SMILES string of the molecule is O=C(NC1CCCCC1NC(=O)c1cc2sccc2cc1Cl)c1ccc(N2CCCCC2=O)cc1. The van der Waals surface area contributed by atoms with Gasteiger partial charge in [0.1, 0.15) is 0 Å². The van der Waals surface area contributed by atoms with E-state index in [0.29, 0.717) is 22.6 Å². The Morgan fingerprint density at radius 1 is 0.914 bits per heavy atom. The molecule has 5 rings (SSSR count). The van der Waals surface area contributed by atoms with Crippen LogP contribution in [0.15, 0.2) is 47.8 Å². The van der Waals surface area contributed by atoms with Crippen LogP contribution in [0.4, 0.5) is 5.69 Å². The number of nitrogens with one attached hydrogen (secondary N) is 2. The van der Waals surface area contributed by atoms with Gasteiger partial charge in [-0.15, -0.1) is 11.3 Å². The van der Waals surface area contributed by atoms with Crippen LogP contribution in [-0.2, 0) is 4.79 Å². The Morgan fingerprint density at radius 2 is 1.63 bits per heavy atom. The predicted molar refractivity (Wildman–Crippen MR) is 140 cm³/mol. The summed E-state index contributed by atoms with van der Waals surface area (Å²) in [6, 6.07) is 12.5. The van der Waals surface area contributed by atoms with Crippen LogP contribution < -0.4 is 15.5 Å². The van der Waals surface area contributed by atoms with Crippen molar-refractivity contribution in [3.05, 3.63) is 64.0 Å². The third-order valence-electron chi connectivity index (χ3n) is 6.95. The van der Waals surface area contributed by atoms with Crippen molar-refractivity contribution < 1.29 is 14.4 Å². The van der Waals surface area contributed by atoms with E-state index >= 15 is 0 Å². The lowest BCUT2D eigenvalue weighted by Gasteiger charge is -2.33. The number of hydrogen-bond donors (Lipinski definition) is 2. The van der Waals surface area contributed by atoms with E-state index in [1.54, 1.807) is 28.4 Å². The molecule has 8 heteroatoms. The Labute approximate surface area is 213 Å². The van der Waals surface area contributed by atoms with Crippen molar-refractivity contribution >= 4 is 56.4 Å². The van der Waals surface area contributed by atoms with Crippen molar-refractivity contribution in [1.82, 2.24) is 10.6 Å². The maximum atomic E-state index is 13.1. The molecular weight excluding hydrogens is 482 g/mol. The van der Waals surface area contributed by atoms with E-state index in [9.17, 15) is 14.4 Å². The van der Waals surface area contributed by atoms with Crippen molar-refractivity contribution in [3.63, 3.8) is 0 Å². The number of nitrogens with zero attached hydrogens (tertiary/aromatic N) is 1. The summed E-state index contributed by atoms with van der Waals surface area (Å²) in [6.07, 6.45) is 6.09. The van der Waals surface area contributed by atoms with Crippen LogP contribution in [0, 0.1) is 0 Å². The van der Waals surface area contributed by atoms with E-state index in [4.69, 9.17) is 11.6 Å². The number of amides is 3. The van der Waals surface area contributed by atoms with Gasteiger partial charge in [-0.2, -0.15) is 0 Å². The minimum Gasteiger partial charge on any atom is -0.347 e. The minimum absolute atomic E-state index is 0.132. The zero-order chi connectivity index (χ0) is 24.4. The molecule has 1 saturated carbocycles. The lowest BCUT2D eigenvalue weighted by Crippen LogP contribution is -2.53. The zero-order valence-electron chi connectivity index (χ0n) is 19.4. The zero-order valence-corrected chi connectivity index (χ0v) is 21.0. The summed E-state index contributed by atoms with van der Waals surface area (Å²) in [5.74, 6) is -0.259. The van der Waals surface area contributed by atoms with Gasteiger partial charge in [0, 0.05) is 41.0 Å². The number of benzene rings is 2. The maximum absolute atomic E-state index is 13.1. The molecule has 1 saturated heterocycles. The Kier molecular flexibility index (Phi) is 7.07. The van der Waals surface area contributed by atoms with Crippen molar-refractivity contribution in [2.75, 3.05) is 11.4 Å². The second-order valence-electron chi connectivity index (χ2n) is 9.28. The van der Waals surface area contributed by atoms with Gasteiger partial charge in [-0.1, -0.05) is 24.4 Å². The highest BCUT2D eigenvalue weighted by molar-refractivity contribution is 7.17. The average molecular weight is 510 g/mol. The van der Waals surface area contributed by atoms with E-state index in [0.717, 1.165) is 60.8 Å². The van der Waals surface area contributed by atoms with Crippen molar-refractivity contribution in [3.8, 4) is 0 Å². The second-order valence-corrected chi connectivity index (χ2v) is 10.6. The topological polar surface area (TPSA) is 78.5 Å². The average Bonchev–Trinajstić information content (AvgIpc) is 3.32. The molecule has 2 aliphatic rings. The number of fused-ring (bicyclic) bond motifs is 1. The molecule has 2 atom stereocenters. The van der Waals surface area contributed by atoms with Crippen LogP contribution >= 0.6 is 22.9 Å². The fourth-order valence-corrected chi connectivity index (χ4v) is 6.07. The smallest absolute Gasteiger partial charge is 0.253 e. The first-order chi connectivity index (χ1) is 17.0. The number of carbonyl (C=O) groups is 3. The molecule has 2 N–H and O–H groups in total. The van der Waals surface area contributed by atoms with Crippen molar-refractivity contribution in [2.24, 2.45) is 0 Å². The van der Waals surface area contributed by atoms with E-state index in [-0.39, 0.29) is 29.8 Å². The maximum Gasteiger partial charge on any atom is 0.253 e. The highest BCUT2D eigenvalue weighted by Crippen LogP contribution is 2.29. The predicted octanol–water partition coefficient (Wildman–Crippen LogP) is 5.54. The Morgan fingerprint density at radius 3 is 2.34 bits per heavy atom. The first-order valence-electron chi connectivity index (χ1n) is 12.2. The van der Waals surface area contributed by atoms with E-state index < -0.39 is 0 Å². The number of thiophene rings is 1. The normalized spacial score (nSPS) is 20.6. The summed E-state index contributed by atoms with van der Waals surface area (Å²) in [5.41, 5.74) is 1.83. The Balaban J connectivity index is 1.25. The Bertz CT molecular complexity index is 1260. The van der Waals surface area contributed by atoms with Crippen LogP contribution in [0.3, 0.4) is 0 Å². The molecule has 0 radical (unpaired) electrons. The summed E-state index contributed by atoms with van der Waals surface area (Å²) < 4.78 is 1.02. The molecule has 2 unspecified atom stereocenters. The monoisotopic (exact) mass is 509 g/mol. The number of carbonyl (C=O) groups excluding carboxylic acids is 3. The van der Waals surface area contributed by atoms with Gasteiger partial charge in [0.2, 0.25) is 5.91 Å². The molecule has 6 nitrogen and oxygen atoms in total. The van der Waals surface area contributed by atoms with Gasteiger partial charge in [-0.25, -0.2) is 0 Å². The van der Waals surface area contributed by atoms with Gasteiger partial charge in [0.15, 0.2) is 0 Å². The highest BCUT2D eigenvalue weighted by Gasteiger charge is 2.29.